The van der Waals surface area contributed by atoms with Crippen LogP contribution in [-0.4, -0.2) is 6.10 Å². The molecule has 0 radical (unpaired) electrons. The number of aryl methyl sites for hydroxylation is 2. The van der Waals surface area contributed by atoms with Gasteiger partial charge in [-0.3, -0.25) is 0 Å². The Morgan fingerprint density at radius 3 is 2.24 bits per heavy atom. The second-order valence-electron chi connectivity index (χ2n) is 5.93. The molecular formula is C16H24O. The van der Waals surface area contributed by atoms with Crippen molar-refractivity contribution in [3.63, 3.8) is 0 Å². The van der Waals surface area contributed by atoms with E-state index in [1.165, 1.54) is 30.4 Å². The molecule has 0 saturated heterocycles. The van der Waals surface area contributed by atoms with E-state index in [0.29, 0.717) is 6.10 Å². The summed E-state index contributed by atoms with van der Waals surface area (Å²) in [5.41, 5.74) is 2.57. The van der Waals surface area contributed by atoms with Crippen LogP contribution in [0.15, 0.2) is 18.2 Å². The predicted octanol–water partition coefficient (Wildman–Crippen LogP) is 4.51. The van der Waals surface area contributed by atoms with Crippen LogP contribution in [0.25, 0.3) is 0 Å². The van der Waals surface area contributed by atoms with E-state index in [1.54, 1.807) is 0 Å². The van der Waals surface area contributed by atoms with Gasteiger partial charge in [0.2, 0.25) is 0 Å². The topological polar surface area (TPSA) is 9.23 Å². The van der Waals surface area contributed by atoms with Crippen LogP contribution in [0.5, 0.6) is 5.75 Å². The van der Waals surface area contributed by atoms with Gasteiger partial charge in [-0.1, -0.05) is 31.5 Å². The van der Waals surface area contributed by atoms with Gasteiger partial charge in [-0.25, -0.2) is 0 Å². The standard InChI is InChI=1S/C16H24O/c1-11-5-6-16(14(4)8-11)17-15-9-12(2)7-13(3)10-15/h5-6,8,12-13,15H,7,9-10H2,1-4H3. The minimum absolute atomic E-state index is 0.412. The van der Waals surface area contributed by atoms with Gasteiger partial charge in [-0.2, -0.15) is 0 Å². The van der Waals surface area contributed by atoms with Gasteiger partial charge >= 0.3 is 0 Å². The lowest BCUT2D eigenvalue weighted by molar-refractivity contribution is 0.100. The highest BCUT2D eigenvalue weighted by Gasteiger charge is 2.25. The Labute approximate surface area is 105 Å². The number of hydrogen-bond donors (Lipinski definition) is 0. The third-order valence-corrected chi connectivity index (χ3v) is 3.76. The van der Waals surface area contributed by atoms with Crippen molar-refractivity contribution in [1.29, 1.82) is 0 Å². The van der Waals surface area contributed by atoms with Crippen molar-refractivity contribution in [2.75, 3.05) is 0 Å². The zero-order valence-electron chi connectivity index (χ0n) is 11.5. The minimum Gasteiger partial charge on any atom is -0.490 e. The number of benzene rings is 1. The molecule has 1 aromatic carbocycles. The first-order valence-electron chi connectivity index (χ1n) is 6.78. The largest absolute Gasteiger partial charge is 0.490 e. The Kier molecular flexibility index (Phi) is 3.76. The molecule has 2 rings (SSSR count). The van der Waals surface area contributed by atoms with E-state index in [0.717, 1.165) is 17.6 Å². The maximum Gasteiger partial charge on any atom is 0.122 e. The van der Waals surface area contributed by atoms with E-state index < -0.39 is 0 Å². The molecule has 1 saturated carbocycles. The zero-order chi connectivity index (χ0) is 12.4. The zero-order valence-corrected chi connectivity index (χ0v) is 11.5. The van der Waals surface area contributed by atoms with Gasteiger partial charge in [0.15, 0.2) is 0 Å². The molecule has 2 unspecified atom stereocenters. The Morgan fingerprint density at radius 1 is 1.00 bits per heavy atom. The van der Waals surface area contributed by atoms with Gasteiger partial charge in [0.05, 0.1) is 6.10 Å². The van der Waals surface area contributed by atoms with Crippen molar-refractivity contribution in [3.8, 4) is 5.75 Å². The van der Waals surface area contributed by atoms with E-state index in [1.807, 2.05) is 0 Å². The van der Waals surface area contributed by atoms with Crippen molar-refractivity contribution < 1.29 is 4.74 Å². The fourth-order valence-electron chi connectivity index (χ4n) is 3.08. The Hall–Kier alpha value is -0.980. The highest BCUT2D eigenvalue weighted by Crippen LogP contribution is 2.32. The van der Waals surface area contributed by atoms with E-state index >= 15 is 0 Å². The van der Waals surface area contributed by atoms with E-state index in [2.05, 4.69) is 45.9 Å². The molecule has 1 fully saturated rings. The number of ether oxygens (including phenoxy) is 1. The molecule has 94 valence electrons. The smallest absolute Gasteiger partial charge is 0.122 e. The average molecular weight is 232 g/mol. The van der Waals surface area contributed by atoms with Crippen molar-refractivity contribution in [1.82, 2.24) is 0 Å². The molecular weight excluding hydrogens is 208 g/mol. The average Bonchev–Trinajstić information content (AvgIpc) is 2.21. The van der Waals surface area contributed by atoms with Gasteiger partial charge in [0, 0.05) is 0 Å². The summed E-state index contributed by atoms with van der Waals surface area (Å²) >= 11 is 0. The minimum atomic E-state index is 0.412. The van der Waals surface area contributed by atoms with Gasteiger partial charge in [0.25, 0.3) is 0 Å². The second kappa shape index (κ2) is 5.12. The summed E-state index contributed by atoms with van der Waals surface area (Å²) in [5.74, 6) is 2.67. The monoisotopic (exact) mass is 232 g/mol. The Morgan fingerprint density at radius 2 is 1.65 bits per heavy atom. The van der Waals surface area contributed by atoms with Crippen LogP contribution in [0, 0.1) is 25.7 Å². The summed E-state index contributed by atoms with van der Waals surface area (Å²) in [6.45, 7) is 8.95. The SMILES string of the molecule is Cc1ccc(OC2CC(C)CC(C)C2)c(C)c1. The number of rotatable bonds is 2. The maximum absolute atomic E-state index is 6.18. The van der Waals surface area contributed by atoms with Crippen LogP contribution in [0.1, 0.15) is 44.2 Å². The summed E-state index contributed by atoms with van der Waals surface area (Å²) in [5, 5.41) is 0. The van der Waals surface area contributed by atoms with Crippen LogP contribution < -0.4 is 4.74 Å². The van der Waals surface area contributed by atoms with Gasteiger partial charge in [0.1, 0.15) is 5.75 Å². The molecule has 0 heterocycles. The van der Waals surface area contributed by atoms with E-state index in [4.69, 9.17) is 4.74 Å². The van der Waals surface area contributed by atoms with Crippen molar-refractivity contribution in [3.05, 3.63) is 29.3 Å². The van der Waals surface area contributed by atoms with Crippen molar-refractivity contribution in [2.24, 2.45) is 11.8 Å². The third-order valence-electron chi connectivity index (χ3n) is 3.76. The molecule has 0 aromatic heterocycles. The summed E-state index contributed by atoms with van der Waals surface area (Å²) < 4.78 is 6.18. The molecule has 1 heteroatoms. The van der Waals surface area contributed by atoms with Crippen molar-refractivity contribution >= 4 is 0 Å². The molecule has 2 atom stereocenters. The lowest BCUT2D eigenvalue weighted by Gasteiger charge is -2.32. The first-order valence-corrected chi connectivity index (χ1v) is 6.78. The van der Waals surface area contributed by atoms with Crippen molar-refractivity contribution in [2.45, 2.75) is 53.1 Å². The molecule has 1 aliphatic carbocycles. The molecule has 0 aliphatic heterocycles. The number of hydrogen-bond acceptors (Lipinski definition) is 1. The van der Waals surface area contributed by atoms with E-state index in [-0.39, 0.29) is 0 Å². The molecule has 0 amide bonds. The third kappa shape index (κ3) is 3.24. The Bertz CT molecular complexity index is 373. The quantitative estimate of drug-likeness (QED) is 0.729. The highest BCUT2D eigenvalue weighted by atomic mass is 16.5. The lowest BCUT2D eigenvalue weighted by atomic mass is 9.82. The predicted molar refractivity (Wildman–Crippen MR) is 72.5 cm³/mol. The summed E-state index contributed by atoms with van der Waals surface area (Å²) in [6, 6.07) is 6.46. The maximum atomic E-state index is 6.18. The Balaban J connectivity index is 2.04. The first-order chi connectivity index (χ1) is 8.04. The van der Waals surface area contributed by atoms with Gasteiger partial charge in [-0.05, 0) is 56.6 Å². The van der Waals surface area contributed by atoms with E-state index in [9.17, 15) is 0 Å². The molecule has 1 aliphatic rings. The summed E-state index contributed by atoms with van der Waals surface area (Å²) in [6.07, 6.45) is 4.18. The first kappa shape index (κ1) is 12.5. The summed E-state index contributed by atoms with van der Waals surface area (Å²) in [7, 11) is 0. The fraction of sp³-hybridized carbons (Fsp3) is 0.625. The van der Waals surface area contributed by atoms with Gasteiger partial charge < -0.3 is 4.74 Å². The molecule has 17 heavy (non-hydrogen) atoms. The fourth-order valence-corrected chi connectivity index (χ4v) is 3.08. The van der Waals surface area contributed by atoms with Crippen LogP contribution >= 0.6 is 0 Å². The molecule has 1 nitrogen and oxygen atoms in total. The molecule has 0 N–H and O–H groups in total. The van der Waals surface area contributed by atoms with Gasteiger partial charge in [-0.15, -0.1) is 0 Å². The van der Waals surface area contributed by atoms with Crippen LogP contribution in [0.3, 0.4) is 0 Å². The second-order valence-corrected chi connectivity index (χ2v) is 5.93. The molecule has 0 spiro atoms. The van der Waals surface area contributed by atoms with Crippen LogP contribution in [0.4, 0.5) is 0 Å². The van der Waals surface area contributed by atoms with Crippen LogP contribution in [0.2, 0.25) is 0 Å². The molecule has 0 bridgehead atoms. The highest BCUT2D eigenvalue weighted by molar-refractivity contribution is 5.35. The molecule has 1 aromatic rings. The normalized spacial score (nSPS) is 29.1. The lowest BCUT2D eigenvalue weighted by Crippen LogP contribution is -2.28. The summed E-state index contributed by atoms with van der Waals surface area (Å²) in [4.78, 5) is 0. The van der Waals surface area contributed by atoms with Crippen LogP contribution in [-0.2, 0) is 0 Å².